The number of hydrogen-bond acceptors (Lipinski definition) is 5. The van der Waals surface area contributed by atoms with Gasteiger partial charge in [0.2, 0.25) is 0 Å². The van der Waals surface area contributed by atoms with Gasteiger partial charge < -0.3 is 9.64 Å². The molecule has 4 rings (SSSR count). The lowest BCUT2D eigenvalue weighted by Gasteiger charge is -2.32. The number of nitrogens with zero attached hydrogens (tertiary/aromatic N) is 2. The van der Waals surface area contributed by atoms with Gasteiger partial charge in [-0.05, 0) is 38.1 Å². The van der Waals surface area contributed by atoms with Crippen molar-refractivity contribution in [3.8, 4) is 0 Å². The predicted octanol–water partition coefficient (Wildman–Crippen LogP) is 4.02. The first-order valence-electron chi connectivity index (χ1n) is 8.63. The zero-order chi connectivity index (χ0) is 17.4. The largest absolute Gasteiger partial charge is 0.453 e. The molecule has 0 fully saturated rings. The summed E-state index contributed by atoms with van der Waals surface area (Å²) in [5, 5.41) is 0.733. The number of fused-ring (bicyclic) bond motifs is 2. The minimum atomic E-state index is -0.286. The number of allylic oxidation sites excluding steroid dienone is 1. The molecule has 2 atom stereocenters. The summed E-state index contributed by atoms with van der Waals surface area (Å²) in [7, 11) is 0. The maximum absolute atomic E-state index is 12.6. The van der Waals surface area contributed by atoms with Crippen LogP contribution in [0.15, 0.2) is 54.3 Å². The standard InChI is InChI=1S/C20H20N2O2S/c1-3-22(4-2)14-10-9-13-11-15(20(23)24-17(13)12-14)19-21-16-7-5-6-8-18(16)25-19/h5-13,17H,3-4H2,1-2H3. The Morgan fingerprint density at radius 2 is 2.00 bits per heavy atom. The molecule has 0 saturated heterocycles. The third kappa shape index (κ3) is 2.89. The first-order valence-corrected chi connectivity index (χ1v) is 9.45. The number of carbonyl (C=O) groups excluding carboxylic acids is 1. The van der Waals surface area contributed by atoms with Crippen molar-refractivity contribution in [2.24, 2.45) is 5.92 Å². The third-order valence-electron chi connectivity index (χ3n) is 4.68. The Hall–Kier alpha value is -2.40. The second kappa shape index (κ2) is 6.48. The molecule has 1 aromatic heterocycles. The fourth-order valence-electron chi connectivity index (χ4n) is 3.31. The van der Waals surface area contributed by atoms with Gasteiger partial charge >= 0.3 is 5.97 Å². The zero-order valence-electron chi connectivity index (χ0n) is 14.3. The van der Waals surface area contributed by atoms with Crippen LogP contribution in [0.3, 0.4) is 0 Å². The molecule has 0 amide bonds. The molecule has 0 radical (unpaired) electrons. The van der Waals surface area contributed by atoms with E-state index >= 15 is 0 Å². The molecule has 2 aromatic rings. The molecule has 1 aromatic carbocycles. The molecule has 2 aliphatic rings. The molecule has 2 heterocycles. The van der Waals surface area contributed by atoms with E-state index in [2.05, 4.69) is 42.0 Å². The molecule has 128 valence electrons. The van der Waals surface area contributed by atoms with E-state index in [1.165, 1.54) is 11.3 Å². The molecule has 0 bridgehead atoms. The number of aromatic nitrogens is 1. The maximum Gasteiger partial charge on any atom is 0.341 e. The first-order chi connectivity index (χ1) is 12.2. The lowest BCUT2D eigenvalue weighted by molar-refractivity contribution is -0.141. The molecule has 1 aliphatic heterocycles. The maximum atomic E-state index is 12.6. The number of carbonyl (C=O) groups is 1. The van der Waals surface area contributed by atoms with E-state index in [9.17, 15) is 4.79 Å². The highest BCUT2D eigenvalue weighted by Gasteiger charge is 2.33. The molecule has 5 heteroatoms. The minimum Gasteiger partial charge on any atom is -0.453 e. The Labute approximate surface area is 151 Å². The Morgan fingerprint density at radius 1 is 1.20 bits per heavy atom. The van der Waals surface area contributed by atoms with Crippen molar-refractivity contribution >= 4 is 33.1 Å². The number of para-hydroxylation sites is 1. The summed E-state index contributed by atoms with van der Waals surface area (Å²) in [4.78, 5) is 19.4. The highest BCUT2D eigenvalue weighted by atomic mass is 32.1. The van der Waals surface area contributed by atoms with E-state index in [1.54, 1.807) is 0 Å². The van der Waals surface area contributed by atoms with Crippen molar-refractivity contribution in [1.82, 2.24) is 9.88 Å². The van der Waals surface area contributed by atoms with E-state index in [0.717, 1.165) is 34.0 Å². The van der Waals surface area contributed by atoms with Crippen LogP contribution in [0.2, 0.25) is 0 Å². The van der Waals surface area contributed by atoms with Crippen LogP contribution in [0.25, 0.3) is 15.8 Å². The van der Waals surface area contributed by atoms with Crippen molar-refractivity contribution in [2.75, 3.05) is 13.1 Å². The van der Waals surface area contributed by atoms with Gasteiger partial charge in [-0.1, -0.05) is 24.3 Å². The fourth-order valence-corrected chi connectivity index (χ4v) is 4.29. The van der Waals surface area contributed by atoms with Crippen LogP contribution in [0.1, 0.15) is 18.9 Å². The van der Waals surface area contributed by atoms with E-state index in [0.29, 0.717) is 5.57 Å². The summed E-state index contributed by atoms with van der Waals surface area (Å²) >= 11 is 1.53. The van der Waals surface area contributed by atoms with Crippen LogP contribution < -0.4 is 0 Å². The third-order valence-corrected chi connectivity index (χ3v) is 5.75. The molecule has 25 heavy (non-hydrogen) atoms. The van der Waals surface area contributed by atoms with Crippen LogP contribution in [0.5, 0.6) is 0 Å². The van der Waals surface area contributed by atoms with Gasteiger partial charge in [0, 0.05) is 24.7 Å². The first kappa shape index (κ1) is 16.1. The molecule has 0 spiro atoms. The topological polar surface area (TPSA) is 42.4 Å². The predicted molar refractivity (Wildman–Crippen MR) is 101 cm³/mol. The van der Waals surface area contributed by atoms with Gasteiger partial charge in [-0.25, -0.2) is 9.78 Å². The van der Waals surface area contributed by atoms with Crippen LogP contribution in [0, 0.1) is 5.92 Å². The average Bonchev–Trinajstić information content (AvgIpc) is 3.06. The van der Waals surface area contributed by atoms with Gasteiger partial charge in [0.1, 0.15) is 11.1 Å². The molecular formula is C20H20N2O2S. The van der Waals surface area contributed by atoms with Crippen LogP contribution in [-0.4, -0.2) is 35.0 Å². The second-order valence-corrected chi connectivity index (χ2v) is 7.17. The van der Waals surface area contributed by atoms with E-state index in [-0.39, 0.29) is 18.0 Å². The normalized spacial score (nSPS) is 22.2. The monoisotopic (exact) mass is 352 g/mol. The summed E-state index contributed by atoms with van der Waals surface area (Å²) in [5.74, 6) is -0.218. The Morgan fingerprint density at radius 3 is 2.76 bits per heavy atom. The summed E-state index contributed by atoms with van der Waals surface area (Å²) in [6.07, 6.45) is 8.07. The van der Waals surface area contributed by atoms with Gasteiger partial charge in [0.25, 0.3) is 0 Å². The SMILES string of the molecule is CCN(CC)C1=CC2OC(=O)C(c3nc4ccccc4s3)=CC2C=C1. The number of ether oxygens (including phenoxy) is 1. The minimum absolute atomic E-state index is 0.0685. The van der Waals surface area contributed by atoms with Gasteiger partial charge in [-0.2, -0.15) is 0 Å². The Kier molecular flexibility index (Phi) is 4.17. The van der Waals surface area contributed by atoms with Crippen LogP contribution >= 0.6 is 11.3 Å². The quantitative estimate of drug-likeness (QED) is 0.780. The number of benzene rings is 1. The Bertz CT molecular complexity index is 872. The van der Waals surface area contributed by atoms with Crippen molar-refractivity contribution in [1.29, 1.82) is 0 Å². The number of rotatable bonds is 4. The van der Waals surface area contributed by atoms with Gasteiger partial charge in [-0.15, -0.1) is 11.3 Å². The summed E-state index contributed by atoms with van der Waals surface area (Å²) in [5.41, 5.74) is 2.61. The fraction of sp³-hybridized carbons (Fsp3) is 0.300. The van der Waals surface area contributed by atoms with E-state index in [4.69, 9.17) is 4.74 Å². The van der Waals surface area contributed by atoms with E-state index < -0.39 is 0 Å². The number of hydrogen-bond donors (Lipinski definition) is 0. The lowest BCUT2D eigenvalue weighted by atomic mass is 9.91. The summed E-state index contributed by atoms with van der Waals surface area (Å²) < 4.78 is 6.81. The zero-order valence-corrected chi connectivity index (χ0v) is 15.1. The smallest absolute Gasteiger partial charge is 0.341 e. The van der Waals surface area contributed by atoms with Crippen LogP contribution in [-0.2, 0) is 9.53 Å². The molecule has 0 N–H and O–H groups in total. The second-order valence-electron chi connectivity index (χ2n) is 6.14. The molecule has 4 nitrogen and oxygen atoms in total. The van der Waals surface area contributed by atoms with Crippen molar-refractivity contribution < 1.29 is 9.53 Å². The average molecular weight is 352 g/mol. The molecule has 1 aliphatic carbocycles. The number of thiazole rings is 1. The highest BCUT2D eigenvalue weighted by Crippen LogP contribution is 2.35. The lowest BCUT2D eigenvalue weighted by Crippen LogP contribution is -2.33. The Balaban J connectivity index is 1.66. The van der Waals surface area contributed by atoms with Crippen molar-refractivity contribution in [3.63, 3.8) is 0 Å². The van der Waals surface area contributed by atoms with Gasteiger partial charge in [0.05, 0.1) is 15.8 Å². The summed E-state index contributed by atoms with van der Waals surface area (Å²) in [6.45, 7) is 6.13. The van der Waals surface area contributed by atoms with Gasteiger partial charge in [0.15, 0.2) is 0 Å². The molecular weight excluding hydrogens is 332 g/mol. The van der Waals surface area contributed by atoms with Crippen molar-refractivity contribution in [2.45, 2.75) is 20.0 Å². The van der Waals surface area contributed by atoms with E-state index in [1.807, 2.05) is 30.3 Å². The molecule has 0 saturated carbocycles. The number of likely N-dealkylation sites (N-methyl/N-ethyl adjacent to an activating group) is 1. The van der Waals surface area contributed by atoms with Gasteiger partial charge in [-0.3, -0.25) is 0 Å². The summed E-state index contributed by atoms with van der Waals surface area (Å²) in [6, 6.07) is 7.93. The molecule has 2 unspecified atom stereocenters. The highest BCUT2D eigenvalue weighted by molar-refractivity contribution is 7.19. The van der Waals surface area contributed by atoms with Crippen LogP contribution in [0.4, 0.5) is 0 Å². The van der Waals surface area contributed by atoms with Crippen molar-refractivity contribution in [3.05, 3.63) is 59.3 Å². The number of esters is 1.